The molecule has 25 heavy (non-hydrogen) atoms. The predicted molar refractivity (Wildman–Crippen MR) is 103 cm³/mol. The molecular formula is C17H20N2O3S3. The van der Waals surface area contributed by atoms with Gasteiger partial charge in [0.1, 0.15) is 4.21 Å². The number of amides is 1. The fourth-order valence-electron chi connectivity index (χ4n) is 2.75. The number of nitrogens with one attached hydrogen (secondary N) is 1. The monoisotopic (exact) mass is 396 g/mol. The molecule has 1 N–H and O–H groups in total. The van der Waals surface area contributed by atoms with Gasteiger partial charge in [0.05, 0.1) is 12.1 Å². The first-order valence-electron chi connectivity index (χ1n) is 8.02. The van der Waals surface area contributed by atoms with Gasteiger partial charge in [0, 0.05) is 22.9 Å². The number of benzene rings is 1. The molecule has 0 radical (unpaired) electrons. The van der Waals surface area contributed by atoms with Crippen LogP contribution in [0, 0.1) is 0 Å². The molecule has 1 aromatic carbocycles. The summed E-state index contributed by atoms with van der Waals surface area (Å²) in [6, 6.07) is 11.0. The Morgan fingerprint density at radius 3 is 2.64 bits per heavy atom. The van der Waals surface area contributed by atoms with E-state index in [1.165, 1.54) is 15.6 Å². The number of carbonyl (C=O) groups excluding carboxylic acids is 1. The van der Waals surface area contributed by atoms with Crippen LogP contribution in [0.25, 0.3) is 0 Å². The van der Waals surface area contributed by atoms with Gasteiger partial charge < -0.3 is 5.32 Å². The van der Waals surface area contributed by atoms with Gasteiger partial charge in [-0.3, -0.25) is 4.79 Å². The molecule has 1 aromatic heterocycles. The van der Waals surface area contributed by atoms with E-state index in [2.05, 4.69) is 5.32 Å². The van der Waals surface area contributed by atoms with Crippen LogP contribution >= 0.6 is 23.1 Å². The van der Waals surface area contributed by atoms with Gasteiger partial charge in [0.15, 0.2) is 0 Å². The summed E-state index contributed by atoms with van der Waals surface area (Å²) in [6.45, 7) is 1.17. The molecule has 0 aliphatic carbocycles. The highest BCUT2D eigenvalue weighted by atomic mass is 32.2. The highest BCUT2D eigenvalue weighted by Crippen LogP contribution is 2.28. The topological polar surface area (TPSA) is 66.5 Å². The zero-order valence-electron chi connectivity index (χ0n) is 13.9. The molecule has 0 saturated carbocycles. The molecule has 0 unspecified atom stereocenters. The quantitative estimate of drug-likeness (QED) is 0.760. The van der Waals surface area contributed by atoms with E-state index in [0.717, 1.165) is 28.3 Å². The van der Waals surface area contributed by atoms with Crippen molar-refractivity contribution in [3.63, 3.8) is 0 Å². The first-order valence-corrected chi connectivity index (χ1v) is 11.5. The molecule has 8 heteroatoms. The van der Waals surface area contributed by atoms with Gasteiger partial charge in [-0.15, -0.1) is 23.1 Å². The molecule has 2 heterocycles. The van der Waals surface area contributed by atoms with E-state index in [1.807, 2.05) is 30.5 Å². The Bertz CT molecular complexity index is 856. The second kappa shape index (κ2) is 7.90. The highest BCUT2D eigenvalue weighted by molar-refractivity contribution is 7.98. The Balaban J connectivity index is 1.68. The predicted octanol–water partition coefficient (Wildman–Crippen LogP) is 3.44. The van der Waals surface area contributed by atoms with Crippen LogP contribution in [-0.2, 0) is 21.2 Å². The molecule has 1 saturated heterocycles. The van der Waals surface area contributed by atoms with Gasteiger partial charge in [0.25, 0.3) is 10.0 Å². The van der Waals surface area contributed by atoms with Crippen molar-refractivity contribution < 1.29 is 13.2 Å². The molecule has 0 atom stereocenters. The fourth-order valence-corrected chi connectivity index (χ4v) is 6.33. The third-order valence-corrected chi connectivity index (χ3v) is 8.26. The maximum Gasteiger partial charge on any atom is 0.252 e. The van der Waals surface area contributed by atoms with Crippen molar-refractivity contribution in [3.05, 3.63) is 41.3 Å². The molecular weight excluding hydrogens is 376 g/mol. The maximum atomic E-state index is 12.5. The average molecular weight is 397 g/mol. The van der Waals surface area contributed by atoms with Crippen molar-refractivity contribution in [2.24, 2.45) is 0 Å². The summed E-state index contributed by atoms with van der Waals surface area (Å²) in [6.07, 6.45) is 3.95. The lowest BCUT2D eigenvalue weighted by Gasteiger charge is -2.13. The van der Waals surface area contributed by atoms with E-state index in [9.17, 15) is 13.2 Å². The molecule has 1 aliphatic heterocycles. The van der Waals surface area contributed by atoms with Crippen molar-refractivity contribution in [1.82, 2.24) is 4.31 Å². The standard InChI is InChI=1S/C17H20N2O3S3/c1-23-15-7-3-2-6-14(15)18-16(20)12-13-8-9-17(24-13)25(21,22)19-10-4-5-11-19/h2-3,6-9H,4-5,10-12H2,1H3,(H,18,20). The van der Waals surface area contributed by atoms with Crippen molar-refractivity contribution in [3.8, 4) is 0 Å². The van der Waals surface area contributed by atoms with Crippen LogP contribution in [0.5, 0.6) is 0 Å². The van der Waals surface area contributed by atoms with Crippen LogP contribution in [-0.4, -0.2) is 38.0 Å². The molecule has 0 bridgehead atoms. The van der Waals surface area contributed by atoms with Crippen molar-refractivity contribution in [1.29, 1.82) is 0 Å². The second-order valence-electron chi connectivity index (χ2n) is 5.76. The molecule has 5 nitrogen and oxygen atoms in total. The van der Waals surface area contributed by atoms with Gasteiger partial charge in [-0.1, -0.05) is 12.1 Å². The van der Waals surface area contributed by atoms with E-state index >= 15 is 0 Å². The van der Waals surface area contributed by atoms with E-state index in [0.29, 0.717) is 17.3 Å². The number of carbonyl (C=O) groups is 1. The molecule has 0 spiro atoms. The van der Waals surface area contributed by atoms with Crippen LogP contribution in [0.1, 0.15) is 17.7 Å². The lowest BCUT2D eigenvalue weighted by molar-refractivity contribution is -0.115. The Morgan fingerprint density at radius 1 is 1.20 bits per heavy atom. The smallest absolute Gasteiger partial charge is 0.252 e. The average Bonchev–Trinajstić information content (AvgIpc) is 3.27. The SMILES string of the molecule is CSc1ccccc1NC(=O)Cc1ccc(S(=O)(=O)N2CCCC2)s1. The normalized spacial score (nSPS) is 15.4. The summed E-state index contributed by atoms with van der Waals surface area (Å²) in [5.41, 5.74) is 0.779. The zero-order chi connectivity index (χ0) is 17.9. The maximum absolute atomic E-state index is 12.5. The minimum Gasteiger partial charge on any atom is -0.325 e. The zero-order valence-corrected chi connectivity index (χ0v) is 16.3. The lowest BCUT2D eigenvalue weighted by atomic mass is 10.3. The van der Waals surface area contributed by atoms with Crippen molar-refractivity contribution >= 4 is 44.7 Å². The van der Waals surface area contributed by atoms with Crippen LogP contribution in [0.15, 0.2) is 45.5 Å². The minimum atomic E-state index is -3.41. The van der Waals surface area contributed by atoms with Gasteiger partial charge in [-0.25, -0.2) is 8.42 Å². The number of thioether (sulfide) groups is 1. The number of anilines is 1. The van der Waals surface area contributed by atoms with Crippen molar-refractivity contribution in [2.75, 3.05) is 24.7 Å². The van der Waals surface area contributed by atoms with Gasteiger partial charge in [-0.05, 0) is 43.4 Å². The first kappa shape index (κ1) is 18.4. The summed E-state index contributed by atoms with van der Waals surface area (Å²) in [5, 5.41) is 2.90. The van der Waals surface area contributed by atoms with E-state index in [4.69, 9.17) is 0 Å². The third kappa shape index (κ3) is 4.25. The summed E-state index contributed by atoms with van der Waals surface area (Å²) >= 11 is 2.75. The Morgan fingerprint density at radius 2 is 1.92 bits per heavy atom. The van der Waals surface area contributed by atoms with Crippen LogP contribution < -0.4 is 5.32 Å². The summed E-state index contributed by atoms with van der Waals surface area (Å²) < 4.78 is 26.9. The van der Waals surface area contributed by atoms with Gasteiger partial charge in [0.2, 0.25) is 5.91 Å². The number of sulfonamides is 1. The van der Waals surface area contributed by atoms with Gasteiger partial charge in [-0.2, -0.15) is 4.31 Å². The molecule has 1 aliphatic rings. The number of para-hydroxylation sites is 1. The largest absolute Gasteiger partial charge is 0.325 e. The first-order chi connectivity index (χ1) is 12.0. The van der Waals surface area contributed by atoms with E-state index in [1.54, 1.807) is 23.9 Å². The minimum absolute atomic E-state index is 0.145. The summed E-state index contributed by atoms with van der Waals surface area (Å²) in [7, 11) is -3.41. The Labute approximate surface area is 156 Å². The van der Waals surface area contributed by atoms with Crippen LogP contribution in [0.4, 0.5) is 5.69 Å². The molecule has 134 valence electrons. The number of hydrogen-bond donors (Lipinski definition) is 1. The molecule has 1 fully saturated rings. The second-order valence-corrected chi connectivity index (χ2v) is 9.94. The Kier molecular flexibility index (Phi) is 5.83. The van der Waals surface area contributed by atoms with E-state index < -0.39 is 10.0 Å². The van der Waals surface area contributed by atoms with E-state index in [-0.39, 0.29) is 12.3 Å². The molecule has 3 rings (SSSR count). The molecule has 2 aromatic rings. The summed E-state index contributed by atoms with van der Waals surface area (Å²) in [5.74, 6) is -0.145. The number of thiophene rings is 1. The van der Waals surface area contributed by atoms with Crippen LogP contribution in [0.2, 0.25) is 0 Å². The number of nitrogens with zero attached hydrogens (tertiary/aromatic N) is 1. The third-order valence-electron chi connectivity index (χ3n) is 4.01. The number of rotatable bonds is 6. The lowest BCUT2D eigenvalue weighted by Crippen LogP contribution is -2.27. The Hall–Kier alpha value is -1.35. The van der Waals surface area contributed by atoms with Crippen molar-refractivity contribution in [2.45, 2.75) is 28.4 Å². The van der Waals surface area contributed by atoms with Gasteiger partial charge >= 0.3 is 0 Å². The van der Waals surface area contributed by atoms with Crippen LogP contribution in [0.3, 0.4) is 0 Å². The molecule has 1 amide bonds. The summed E-state index contributed by atoms with van der Waals surface area (Å²) in [4.78, 5) is 14.0. The highest BCUT2D eigenvalue weighted by Gasteiger charge is 2.28. The number of hydrogen-bond acceptors (Lipinski definition) is 5. The fraction of sp³-hybridized carbons (Fsp3) is 0.353.